The number of amides is 2. The van der Waals surface area contributed by atoms with Crippen molar-refractivity contribution in [3.63, 3.8) is 0 Å². The molecule has 0 saturated carbocycles. The van der Waals surface area contributed by atoms with Crippen LogP contribution < -0.4 is 5.32 Å². The summed E-state index contributed by atoms with van der Waals surface area (Å²) in [5, 5.41) is 3.38. The number of aryl methyl sites for hydroxylation is 2. The minimum atomic E-state index is -0.652. The summed E-state index contributed by atoms with van der Waals surface area (Å²) in [6.07, 6.45) is 1.48. The van der Waals surface area contributed by atoms with Gasteiger partial charge in [-0.15, -0.1) is 0 Å². The van der Waals surface area contributed by atoms with E-state index in [0.29, 0.717) is 16.6 Å². The van der Waals surface area contributed by atoms with Crippen LogP contribution in [0, 0.1) is 13.8 Å². The SMILES string of the molecule is Cc1ccc(C)c(N=C2S[C@H](CC(=O)Nc3cc(Cl)c(Cl)cc3Cl)C(=O)N2Cc2ccco2)c1. The first-order valence-electron chi connectivity index (χ1n) is 10.3. The number of hydrogen-bond acceptors (Lipinski definition) is 5. The molecule has 1 N–H and O–H groups in total. The zero-order chi connectivity index (χ0) is 24.4. The maximum absolute atomic E-state index is 13.3. The van der Waals surface area contributed by atoms with Crippen molar-refractivity contribution < 1.29 is 14.0 Å². The lowest BCUT2D eigenvalue weighted by Gasteiger charge is -2.15. The number of halogens is 3. The summed E-state index contributed by atoms with van der Waals surface area (Å²) >= 11 is 19.4. The highest BCUT2D eigenvalue weighted by Gasteiger charge is 2.39. The largest absolute Gasteiger partial charge is 0.467 e. The maximum atomic E-state index is 13.3. The summed E-state index contributed by atoms with van der Waals surface area (Å²) in [4.78, 5) is 32.4. The van der Waals surface area contributed by atoms with Gasteiger partial charge in [-0.1, -0.05) is 58.7 Å². The van der Waals surface area contributed by atoms with Crippen LogP contribution in [0.2, 0.25) is 15.1 Å². The zero-order valence-corrected chi connectivity index (χ0v) is 21.4. The molecule has 0 radical (unpaired) electrons. The molecule has 0 spiro atoms. The number of thioether (sulfide) groups is 1. The number of furan rings is 1. The molecule has 1 saturated heterocycles. The van der Waals surface area contributed by atoms with E-state index in [4.69, 9.17) is 44.2 Å². The molecule has 10 heteroatoms. The first kappa shape index (κ1) is 24.7. The standard InChI is InChI=1S/C24H20Cl3N3O3S/c1-13-5-6-14(2)19(8-13)29-24-30(12-15-4-3-7-33-15)23(32)21(34-24)11-22(31)28-20-10-17(26)16(25)9-18(20)27/h3-10,21H,11-12H2,1-2H3,(H,28,31)/t21-/m1/s1. The minimum Gasteiger partial charge on any atom is -0.467 e. The van der Waals surface area contributed by atoms with Gasteiger partial charge in [0, 0.05) is 6.42 Å². The minimum absolute atomic E-state index is 0.0689. The second kappa shape index (κ2) is 10.4. The molecule has 1 aromatic heterocycles. The van der Waals surface area contributed by atoms with Gasteiger partial charge in [-0.2, -0.15) is 0 Å². The number of benzene rings is 2. The van der Waals surface area contributed by atoms with E-state index in [2.05, 4.69) is 5.32 Å². The summed E-state index contributed by atoms with van der Waals surface area (Å²) in [7, 11) is 0. The van der Waals surface area contributed by atoms with E-state index < -0.39 is 5.25 Å². The number of amidine groups is 1. The third kappa shape index (κ3) is 5.61. The van der Waals surface area contributed by atoms with Crippen molar-refractivity contribution in [3.05, 3.63) is 80.7 Å². The topological polar surface area (TPSA) is 74.9 Å². The van der Waals surface area contributed by atoms with Crippen LogP contribution in [0.3, 0.4) is 0 Å². The lowest BCUT2D eigenvalue weighted by Crippen LogP contribution is -2.33. The quantitative estimate of drug-likeness (QED) is 0.344. The number of aliphatic imine (C=N–C) groups is 1. The monoisotopic (exact) mass is 535 g/mol. The highest BCUT2D eigenvalue weighted by molar-refractivity contribution is 8.15. The number of carbonyl (C=O) groups excluding carboxylic acids is 2. The highest BCUT2D eigenvalue weighted by atomic mass is 35.5. The van der Waals surface area contributed by atoms with Crippen molar-refractivity contribution in [1.29, 1.82) is 0 Å². The van der Waals surface area contributed by atoms with E-state index in [1.54, 1.807) is 23.3 Å². The lowest BCUT2D eigenvalue weighted by atomic mass is 10.1. The second-order valence-corrected chi connectivity index (χ2v) is 10.2. The first-order valence-corrected chi connectivity index (χ1v) is 12.3. The van der Waals surface area contributed by atoms with Crippen LogP contribution in [0.5, 0.6) is 0 Å². The molecule has 34 heavy (non-hydrogen) atoms. The molecule has 1 atom stereocenters. The summed E-state index contributed by atoms with van der Waals surface area (Å²) in [6.45, 7) is 4.17. The van der Waals surface area contributed by atoms with Gasteiger partial charge in [-0.25, -0.2) is 4.99 Å². The van der Waals surface area contributed by atoms with E-state index in [0.717, 1.165) is 16.8 Å². The number of nitrogens with one attached hydrogen (secondary N) is 1. The molecule has 1 fully saturated rings. The van der Waals surface area contributed by atoms with Crippen molar-refractivity contribution in [2.45, 2.75) is 32.1 Å². The second-order valence-electron chi connectivity index (χ2n) is 7.79. The highest BCUT2D eigenvalue weighted by Crippen LogP contribution is 2.35. The maximum Gasteiger partial charge on any atom is 0.243 e. The van der Waals surface area contributed by atoms with Gasteiger partial charge >= 0.3 is 0 Å². The van der Waals surface area contributed by atoms with Crippen molar-refractivity contribution in [2.24, 2.45) is 4.99 Å². The van der Waals surface area contributed by atoms with Crippen molar-refractivity contribution >= 4 is 74.9 Å². The molecule has 1 aliphatic rings. The summed E-state index contributed by atoms with van der Waals surface area (Å²) in [6, 6.07) is 12.4. The Labute approximate surface area is 216 Å². The smallest absolute Gasteiger partial charge is 0.243 e. The van der Waals surface area contributed by atoms with Crippen LogP contribution in [0.25, 0.3) is 0 Å². The molecule has 176 valence electrons. The molecule has 0 unspecified atom stereocenters. The Morgan fingerprint density at radius 2 is 1.88 bits per heavy atom. The third-order valence-corrected chi connectivity index (χ3v) is 7.36. The van der Waals surface area contributed by atoms with Gasteiger partial charge in [-0.3, -0.25) is 14.5 Å². The first-order chi connectivity index (χ1) is 16.2. The van der Waals surface area contributed by atoms with Crippen molar-refractivity contribution in [2.75, 3.05) is 5.32 Å². The van der Waals surface area contributed by atoms with E-state index in [-0.39, 0.29) is 39.8 Å². The number of hydrogen-bond donors (Lipinski definition) is 1. The van der Waals surface area contributed by atoms with Crippen LogP contribution in [-0.4, -0.2) is 27.1 Å². The van der Waals surface area contributed by atoms with E-state index in [9.17, 15) is 9.59 Å². The molecule has 6 nitrogen and oxygen atoms in total. The molecule has 0 aliphatic carbocycles. The molecule has 4 rings (SSSR count). The summed E-state index contributed by atoms with van der Waals surface area (Å²) in [5.41, 5.74) is 3.14. The molecule has 2 aromatic carbocycles. The average Bonchev–Trinajstić information content (AvgIpc) is 3.39. The Hall–Kier alpha value is -2.45. The molecular weight excluding hydrogens is 517 g/mol. The van der Waals surface area contributed by atoms with Gasteiger partial charge in [0.2, 0.25) is 11.8 Å². The molecule has 1 aliphatic heterocycles. The van der Waals surface area contributed by atoms with Crippen LogP contribution in [0.1, 0.15) is 23.3 Å². The number of rotatable bonds is 6. The Balaban J connectivity index is 1.57. The Morgan fingerprint density at radius 3 is 2.62 bits per heavy atom. The molecular formula is C24H20Cl3N3O3S. The van der Waals surface area contributed by atoms with Crippen molar-refractivity contribution in [3.8, 4) is 0 Å². The fraction of sp³-hybridized carbons (Fsp3) is 0.208. The molecule has 3 aromatic rings. The predicted molar refractivity (Wildman–Crippen MR) is 138 cm³/mol. The van der Waals surface area contributed by atoms with E-state index in [1.165, 1.54) is 23.9 Å². The molecule has 2 amide bonds. The number of carbonyl (C=O) groups is 2. The number of nitrogens with zero attached hydrogens (tertiary/aromatic N) is 2. The van der Waals surface area contributed by atoms with Crippen LogP contribution >= 0.6 is 46.6 Å². The Kier molecular flexibility index (Phi) is 7.57. The van der Waals surface area contributed by atoms with E-state index in [1.807, 2.05) is 32.0 Å². The van der Waals surface area contributed by atoms with Gasteiger partial charge in [0.15, 0.2) is 5.17 Å². The lowest BCUT2D eigenvalue weighted by molar-refractivity contribution is -0.128. The van der Waals surface area contributed by atoms with Gasteiger partial charge in [0.25, 0.3) is 0 Å². The zero-order valence-electron chi connectivity index (χ0n) is 18.3. The summed E-state index contributed by atoms with van der Waals surface area (Å²) < 4.78 is 5.44. The Morgan fingerprint density at radius 1 is 1.12 bits per heavy atom. The Bertz CT molecular complexity index is 1280. The third-order valence-electron chi connectivity index (χ3n) is 5.15. The van der Waals surface area contributed by atoms with Gasteiger partial charge in [-0.05, 0) is 55.3 Å². The molecule has 2 heterocycles. The average molecular weight is 537 g/mol. The van der Waals surface area contributed by atoms with Crippen LogP contribution in [0.4, 0.5) is 11.4 Å². The fourth-order valence-corrected chi connectivity index (χ4v) is 5.10. The van der Waals surface area contributed by atoms with Gasteiger partial charge < -0.3 is 9.73 Å². The van der Waals surface area contributed by atoms with Crippen molar-refractivity contribution in [1.82, 2.24) is 4.90 Å². The number of anilines is 1. The van der Waals surface area contributed by atoms with Crippen LogP contribution in [0.15, 0.2) is 58.1 Å². The summed E-state index contributed by atoms with van der Waals surface area (Å²) in [5.74, 6) is 0.0215. The van der Waals surface area contributed by atoms with Crippen LogP contribution in [-0.2, 0) is 16.1 Å². The predicted octanol–water partition coefficient (Wildman–Crippen LogP) is 7.02. The fourth-order valence-electron chi connectivity index (χ4n) is 3.36. The van der Waals surface area contributed by atoms with Gasteiger partial charge in [0.1, 0.15) is 11.0 Å². The van der Waals surface area contributed by atoms with E-state index >= 15 is 0 Å². The normalized spacial score (nSPS) is 17.0. The van der Waals surface area contributed by atoms with Gasteiger partial charge in [0.05, 0.1) is 39.3 Å². The molecule has 0 bridgehead atoms.